The minimum absolute atomic E-state index is 0.0428. The number of hydrogen-bond donors (Lipinski definition) is 1. The fourth-order valence-corrected chi connectivity index (χ4v) is 5.04. The van der Waals surface area contributed by atoms with Crippen LogP contribution in [0.25, 0.3) is 0 Å². The van der Waals surface area contributed by atoms with Crippen LogP contribution in [0.3, 0.4) is 0 Å². The van der Waals surface area contributed by atoms with Gasteiger partial charge in [0, 0.05) is 13.6 Å². The zero-order chi connectivity index (χ0) is 15.6. The van der Waals surface area contributed by atoms with Gasteiger partial charge >= 0.3 is 5.97 Å². The summed E-state index contributed by atoms with van der Waals surface area (Å²) in [6, 6.07) is 2.71. The molecule has 21 heavy (non-hydrogen) atoms. The van der Waals surface area contributed by atoms with E-state index in [2.05, 4.69) is 11.9 Å². The molecule has 0 amide bonds. The molecule has 2 heterocycles. The van der Waals surface area contributed by atoms with Gasteiger partial charge in [0.05, 0.1) is 0 Å². The standard InChI is InChI=1S/C13H20N2O4S2/c1-14-7-5-10(6-8-14)9-15(2)21(18,19)12-4-3-11(20-12)13(16)17/h3-4,10H,5-9H2,1-2H3,(H,16,17). The lowest BCUT2D eigenvalue weighted by Crippen LogP contribution is -2.37. The number of carboxylic acids is 1. The van der Waals surface area contributed by atoms with E-state index in [1.165, 1.54) is 16.4 Å². The van der Waals surface area contributed by atoms with Crippen molar-refractivity contribution in [1.29, 1.82) is 0 Å². The van der Waals surface area contributed by atoms with Gasteiger partial charge in [0.25, 0.3) is 10.0 Å². The van der Waals surface area contributed by atoms with Gasteiger partial charge in [0.15, 0.2) is 0 Å². The summed E-state index contributed by atoms with van der Waals surface area (Å²) in [6.45, 7) is 2.46. The number of hydrogen-bond acceptors (Lipinski definition) is 5. The van der Waals surface area contributed by atoms with E-state index in [0.29, 0.717) is 12.5 Å². The molecule has 6 nitrogen and oxygen atoms in total. The Morgan fingerprint density at radius 1 is 1.43 bits per heavy atom. The number of piperidine rings is 1. The third-order valence-electron chi connectivity index (χ3n) is 3.81. The monoisotopic (exact) mass is 332 g/mol. The molecule has 0 bridgehead atoms. The summed E-state index contributed by atoms with van der Waals surface area (Å²) in [6.07, 6.45) is 1.97. The molecule has 0 atom stereocenters. The first-order chi connectivity index (χ1) is 9.80. The zero-order valence-corrected chi connectivity index (χ0v) is 13.8. The van der Waals surface area contributed by atoms with Crippen LogP contribution in [-0.4, -0.2) is 62.4 Å². The summed E-state index contributed by atoms with van der Waals surface area (Å²) in [7, 11) is 0.0389. The lowest BCUT2D eigenvalue weighted by Gasteiger charge is -2.31. The fourth-order valence-electron chi connectivity index (χ4n) is 2.43. The number of rotatable bonds is 5. The molecule has 1 aliphatic rings. The first kappa shape index (κ1) is 16.4. The van der Waals surface area contributed by atoms with E-state index in [9.17, 15) is 13.2 Å². The highest BCUT2D eigenvalue weighted by atomic mass is 32.2. The van der Waals surface area contributed by atoms with Crippen molar-refractivity contribution in [2.24, 2.45) is 5.92 Å². The van der Waals surface area contributed by atoms with Gasteiger partial charge in [-0.05, 0) is 51.0 Å². The molecule has 1 aromatic heterocycles. The highest BCUT2D eigenvalue weighted by molar-refractivity contribution is 7.91. The Morgan fingerprint density at radius 2 is 2.05 bits per heavy atom. The number of nitrogens with zero attached hydrogens (tertiary/aromatic N) is 2. The fraction of sp³-hybridized carbons (Fsp3) is 0.615. The molecular formula is C13H20N2O4S2. The van der Waals surface area contributed by atoms with Gasteiger partial charge in [0.2, 0.25) is 0 Å². The molecule has 1 aliphatic heterocycles. The number of carbonyl (C=O) groups is 1. The molecule has 2 rings (SSSR count). The first-order valence-electron chi connectivity index (χ1n) is 6.78. The molecule has 0 aromatic carbocycles. The van der Waals surface area contributed by atoms with Gasteiger partial charge in [0.1, 0.15) is 9.09 Å². The average Bonchev–Trinajstić information content (AvgIpc) is 2.91. The molecule has 0 aliphatic carbocycles. The number of likely N-dealkylation sites (tertiary alicyclic amines) is 1. The van der Waals surface area contributed by atoms with Crippen LogP contribution in [0.4, 0.5) is 0 Å². The molecule has 0 radical (unpaired) electrons. The summed E-state index contributed by atoms with van der Waals surface area (Å²) < 4.78 is 26.3. The van der Waals surface area contributed by atoms with Crippen molar-refractivity contribution in [1.82, 2.24) is 9.21 Å². The minimum Gasteiger partial charge on any atom is -0.477 e. The summed E-state index contributed by atoms with van der Waals surface area (Å²) in [4.78, 5) is 13.1. The van der Waals surface area contributed by atoms with Crippen molar-refractivity contribution in [2.75, 3.05) is 33.7 Å². The topological polar surface area (TPSA) is 77.9 Å². The summed E-state index contributed by atoms with van der Waals surface area (Å²) in [5.41, 5.74) is 0. The molecule has 0 saturated carbocycles. The van der Waals surface area contributed by atoms with Crippen LogP contribution in [0.2, 0.25) is 0 Å². The van der Waals surface area contributed by atoms with Crippen LogP contribution in [0, 0.1) is 5.92 Å². The highest BCUT2D eigenvalue weighted by Crippen LogP contribution is 2.26. The summed E-state index contributed by atoms with van der Waals surface area (Å²) >= 11 is 0.801. The molecule has 8 heteroatoms. The van der Waals surface area contributed by atoms with Crippen molar-refractivity contribution in [3.05, 3.63) is 17.0 Å². The van der Waals surface area contributed by atoms with E-state index in [0.717, 1.165) is 37.3 Å². The Bertz CT molecular complexity index is 603. The van der Waals surface area contributed by atoms with Crippen LogP contribution < -0.4 is 0 Å². The van der Waals surface area contributed by atoms with E-state index < -0.39 is 16.0 Å². The second-order valence-corrected chi connectivity index (χ2v) is 8.81. The third kappa shape index (κ3) is 3.82. The largest absolute Gasteiger partial charge is 0.477 e. The zero-order valence-electron chi connectivity index (χ0n) is 12.2. The lowest BCUT2D eigenvalue weighted by molar-refractivity contribution is 0.0702. The van der Waals surface area contributed by atoms with Crippen LogP contribution in [0.15, 0.2) is 16.3 Å². The Labute approximate surface area is 129 Å². The van der Waals surface area contributed by atoms with Crippen LogP contribution >= 0.6 is 11.3 Å². The Kier molecular flexibility index (Phi) is 5.03. The van der Waals surface area contributed by atoms with Gasteiger partial charge in [-0.15, -0.1) is 11.3 Å². The van der Waals surface area contributed by atoms with E-state index in [1.807, 2.05) is 0 Å². The molecular weight excluding hydrogens is 312 g/mol. The molecule has 1 saturated heterocycles. The maximum atomic E-state index is 12.4. The van der Waals surface area contributed by atoms with E-state index in [4.69, 9.17) is 5.11 Å². The van der Waals surface area contributed by atoms with Crippen LogP contribution in [0.1, 0.15) is 22.5 Å². The second kappa shape index (κ2) is 6.43. The number of sulfonamides is 1. The number of aromatic carboxylic acids is 1. The predicted molar refractivity (Wildman–Crippen MR) is 81.3 cm³/mol. The van der Waals surface area contributed by atoms with Crippen molar-refractivity contribution >= 4 is 27.3 Å². The molecule has 1 N–H and O–H groups in total. The van der Waals surface area contributed by atoms with E-state index >= 15 is 0 Å². The van der Waals surface area contributed by atoms with Gasteiger partial charge < -0.3 is 10.0 Å². The molecule has 1 fully saturated rings. The Hall–Kier alpha value is -0.960. The Balaban J connectivity index is 2.05. The van der Waals surface area contributed by atoms with Crippen molar-refractivity contribution in [2.45, 2.75) is 17.1 Å². The SMILES string of the molecule is CN1CCC(CN(C)S(=O)(=O)c2ccc(C(=O)O)s2)CC1. The number of carboxylic acid groups (broad SMARTS) is 1. The van der Waals surface area contributed by atoms with Gasteiger partial charge in [-0.3, -0.25) is 0 Å². The average molecular weight is 332 g/mol. The number of thiophene rings is 1. The van der Waals surface area contributed by atoms with Crippen LogP contribution in [-0.2, 0) is 10.0 Å². The molecule has 1 aromatic rings. The maximum absolute atomic E-state index is 12.4. The van der Waals surface area contributed by atoms with Gasteiger partial charge in [-0.1, -0.05) is 0 Å². The summed E-state index contributed by atoms with van der Waals surface area (Å²) in [5.74, 6) is -0.737. The maximum Gasteiger partial charge on any atom is 0.345 e. The predicted octanol–water partition coefficient (Wildman–Crippen LogP) is 1.41. The Morgan fingerprint density at radius 3 is 2.57 bits per heavy atom. The molecule has 0 unspecified atom stereocenters. The van der Waals surface area contributed by atoms with E-state index in [1.54, 1.807) is 7.05 Å². The molecule has 0 spiro atoms. The smallest absolute Gasteiger partial charge is 0.345 e. The highest BCUT2D eigenvalue weighted by Gasteiger charge is 2.27. The third-order valence-corrected chi connectivity index (χ3v) is 7.17. The first-order valence-corrected chi connectivity index (χ1v) is 9.04. The van der Waals surface area contributed by atoms with Crippen molar-refractivity contribution in [3.63, 3.8) is 0 Å². The van der Waals surface area contributed by atoms with Crippen molar-refractivity contribution in [3.8, 4) is 0 Å². The minimum atomic E-state index is -3.59. The lowest BCUT2D eigenvalue weighted by atomic mass is 9.97. The summed E-state index contributed by atoms with van der Waals surface area (Å²) in [5, 5.41) is 8.89. The van der Waals surface area contributed by atoms with Gasteiger partial charge in [-0.2, -0.15) is 4.31 Å². The van der Waals surface area contributed by atoms with E-state index in [-0.39, 0.29) is 9.09 Å². The molecule has 118 valence electrons. The van der Waals surface area contributed by atoms with Crippen LogP contribution in [0.5, 0.6) is 0 Å². The second-order valence-electron chi connectivity index (χ2n) is 5.46. The normalized spacial score (nSPS) is 18.2. The van der Waals surface area contributed by atoms with Gasteiger partial charge in [-0.25, -0.2) is 13.2 Å². The van der Waals surface area contributed by atoms with Crippen molar-refractivity contribution < 1.29 is 18.3 Å². The quantitative estimate of drug-likeness (QED) is 0.882.